The van der Waals surface area contributed by atoms with Gasteiger partial charge >= 0.3 is 0 Å². The number of rotatable bonds is 5. The molecule has 0 aromatic carbocycles. The maximum Gasteiger partial charge on any atom is 0.227 e. The second-order valence-electron chi connectivity index (χ2n) is 7.23. The summed E-state index contributed by atoms with van der Waals surface area (Å²) in [6.45, 7) is 8.64. The van der Waals surface area contributed by atoms with Crippen LogP contribution in [-0.2, 0) is 4.79 Å². The molecule has 2 aliphatic rings. The predicted octanol–water partition coefficient (Wildman–Crippen LogP) is 3.10. The molecule has 3 unspecified atom stereocenters. The van der Waals surface area contributed by atoms with Gasteiger partial charge in [-0.1, -0.05) is 40.0 Å². The highest BCUT2D eigenvalue weighted by Gasteiger charge is 2.42. The van der Waals surface area contributed by atoms with E-state index in [9.17, 15) is 4.79 Å². The van der Waals surface area contributed by atoms with Crippen molar-refractivity contribution >= 4 is 5.91 Å². The minimum Gasteiger partial charge on any atom is -0.353 e. The van der Waals surface area contributed by atoms with Crippen LogP contribution in [0, 0.1) is 17.3 Å². The van der Waals surface area contributed by atoms with Gasteiger partial charge in [0, 0.05) is 12.6 Å². The fraction of sp³-hybridized carbons (Fsp3) is 0.941. The normalized spacial score (nSPS) is 34.4. The van der Waals surface area contributed by atoms with Crippen molar-refractivity contribution in [3.63, 3.8) is 0 Å². The van der Waals surface area contributed by atoms with Crippen LogP contribution in [0.5, 0.6) is 0 Å². The van der Waals surface area contributed by atoms with Crippen LogP contribution in [0.25, 0.3) is 0 Å². The zero-order valence-electron chi connectivity index (χ0n) is 13.5. The molecular formula is C17H32N2O. The van der Waals surface area contributed by atoms with Gasteiger partial charge in [0.25, 0.3) is 0 Å². The van der Waals surface area contributed by atoms with Gasteiger partial charge in [-0.15, -0.1) is 0 Å². The second-order valence-corrected chi connectivity index (χ2v) is 7.23. The van der Waals surface area contributed by atoms with Crippen LogP contribution >= 0.6 is 0 Å². The summed E-state index contributed by atoms with van der Waals surface area (Å²) >= 11 is 0. The van der Waals surface area contributed by atoms with Crippen molar-refractivity contribution in [1.29, 1.82) is 0 Å². The fourth-order valence-corrected chi connectivity index (χ4v) is 4.20. The second kappa shape index (κ2) is 6.93. The van der Waals surface area contributed by atoms with E-state index in [0.29, 0.717) is 23.8 Å². The Balaban J connectivity index is 2.01. The molecule has 1 amide bonds. The minimum atomic E-state index is -0.131. The van der Waals surface area contributed by atoms with Crippen molar-refractivity contribution in [3.05, 3.63) is 0 Å². The number of amides is 1. The highest BCUT2D eigenvalue weighted by molar-refractivity contribution is 5.83. The SMILES string of the molecule is CCCC1(C(=O)NC2CCCCC2C(C)C)CCNC1. The monoisotopic (exact) mass is 280 g/mol. The topological polar surface area (TPSA) is 41.1 Å². The first kappa shape index (κ1) is 15.8. The van der Waals surface area contributed by atoms with Gasteiger partial charge in [-0.25, -0.2) is 0 Å². The zero-order valence-corrected chi connectivity index (χ0v) is 13.5. The van der Waals surface area contributed by atoms with Crippen molar-refractivity contribution in [3.8, 4) is 0 Å². The average Bonchev–Trinajstić information content (AvgIpc) is 2.89. The van der Waals surface area contributed by atoms with Crippen molar-refractivity contribution in [2.45, 2.75) is 71.8 Å². The molecule has 1 aliphatic carbocycles. The maximum absolute atomic E-state index is 12.8. The van der Waals surface area contributed by atoms with Gasteiger partial charge in [0.05, 0.1) is 5.41 Å². The molecule has 0 radical (unpaired) electrons. The highest BCUT2D eigenvalue weighted by atomic mass is 16.2. The Bertz CT molecular complexity index is 321. The van der Waals surface area contributed by atoms with Crippen LogP contribution in [0.2, 0.25) is 0 Å². The Labute approximate surface area is 124 Å². The quantitative estimate of drug-likeness (QED) is 0.812. The number of carbonyl (C=O) groups excluding carboxylic acids is 1. The van der Waals surface area contributed by atoms with E-state index in [1.807, 2.05) is 0 Å². The van der Waals surface area contributed by atoms with E-state index >= 15 is 0 Å². The Kier molecular flexibility index (Phi) is 5.48. The van der Waals surface area contributed by atoms with Gasteiger partial charge in [-0.05, 0) is 44.1 Å². The van der Waals surface area contributed by atoms with E-state index in [0.717, 1.165) is 32.4 Å². The average molecular weight is 280 g/mol. The Morgan fingerprint density at radius 1 is 1.35 bits per heavy atom. The Morgan fingerprint density at radius 2 is 2.10 bits per heavy atom. The smallest absolute Gasteiger partial charge is 0.227 e. The van der Waals surface area contributed by atoms with E-state index in [1.54, 1.807) is 0 Å². The van der Waals surface area contributed by atoms with Crippen molar-refractivity contribution in [1.82, 2.24) is 10.6 Å². The largest absolute Gasteiger partial charge is 0.353 e. The third kappa shape index (κ3) is 3.36. The van der Waals surface area contributed by atoms with Gasteiger partial charge in [0.2, 0.25) is 5.91 Å². The molecule has 2 rings (SSSR count). The molecule has 1 saturated carbocycles. The van der Waals surface area contributed by atoms with Gasteiger partial charge in [0.15, 0.2) is 0 Å². The minimum absolute atomic E-state index is 0.131. The summed E-state index contributed by atoms with van der Waals surface area (Å²) in [5.41, 5.74) is -0.131. The molecule has 0 bridgehead atoms. The Hall–Kier alpha value is -0.570. The molecule has 1 saturated heterocycles. The van der Waals surface area contributed by atoms with E-state index < -0.39 is 0 Å². The molecule has 3 heteroatoms. The van der Waals surface area contributed by atoms with E-state index in [1.165, 1.54) is 25.7 Å². The summed E-state index contributed by atoms with van der Waals surface area (Å²) in [5.74, 6) is 1.66. The van der Waals surface area contributed by atoms with Crippen LogP contribution in [0.4, 0.5) is 0 Å². The van der Waals surface area contributed by atoms with E-state index in [2.05, 4.69) is 31.4 Å². The fourth-order valence-electron chi connectivity index (χ4n) is 4.20. The zero-order chi connectivity index (χ0) is 14.6. The summed E-state index contributed by atoms with van der Waals surface area (Å²) in [6, 6.07) is 0.408. The van der Waals surface area contributed by atoms with Gasteiger partial charge < -0.3 is 10.6 Å². The lowest BCUT2D eigenvalue weighted by molar-refractivity contribution is -0.132. The molecule has 20 heavy (non-hydrogen) atoms. The lowest BCUT2D eigenvalue weighted by atomic mass is 9.76. The van der Waals surface area contributed by atoms with Crippen molar-refractivity contribution in [2.24, 2.45) is 17.3 Å². The number of hydrogen-bond acceptors (Lipinski definition) is 2. The van der Waals surface area contributed by atoms with Crippen LogP contribution in [-0.4, -0.2) is 25.0 Å². The molecule has 1 aliphatic heterocycles. The summed E-state index contributed by atoms with van der Waals surface area (Å²) in [4.78, 5) is 12.8. The summed E-state index contributed by atoms with van der Waals surface area (Å²) in [7, 11) is 0. The number of hydrogen-bond donors (Lipinski definition) is 2. The summed E-state index contributed by atoms with van der Waals surface area (Å²) < 4.78 is 0. The highest BCUT2D eigenvalue weighted by Crippen LogP contribution is 2.34. The van der Waals surface area contributed by atoms with Crippen molar-refractivity contribution < 1.29 is 4.79 Å². The molecule has 0 aromatic heterocycles. The van der Waals surface area contributed by atoms with Crippen LogP contribution in [0.1, 0.15) is 65.7 Å². The Morgan fingerprint density at radius 3 is 2.70 bits per heavy atom. The van der Waals surface area contributed by atoms with Gasteiger partial charge in [-0.3, -0.25) is 4.79 Å². The molecule has 0 spiro atoms. The molecule has 3 nitrogen and oxygen atoms in total. The number of carbonyl (C=O) groups is 1. The maximum atomic E-state index is 12.8. The van der Waals surface area contributed by atoms with Crippen LogP contribution < -0.4 is 10.6 Å². The first-order chi connectivity index (χ1) is 9.59. The van der Waals surface area contributed by atoms with Gasteiger partial charge in [0.1, 0.15) is 0 Å². The molecule has 3 atom stereocenters. The van der Waals surface area contributed by atoms with E-state index in [4.69, 9.17) is 0 Å². The summed E-state index contributed by atoms with van der Waals surface area (Å²) in [5, 5.41) is 6.83. The summed E-state index contributed by atoms with van der Waals surface area (Å²) in [6.07, 6.45) is 8.17. The third-order valence-corrected chi connectivity index (χ3v) is 5.45. The third-order valence-electron chi connectivity index (χ3n) is 5.45. The first-order valence-corrected chi connectivity index (χ1v) is 8.61. The van der Waals surface area contributed by atoms with E-state index in [-0.39, 0.29) is 5.41 Å². The standard InChI is InChI=1S/C17H32N2O/c1-4-9-17(10-11-18-12-17)16(20)19-15-8-6-5-7-14(15)13(2)3/h13-15,18H,4-12H2,1-3H3,(H,19,20). The molecule has 116 valence electrons. The van der Waals surface area contributed by atoms with Crippen LogP contribution in [0.15, 0.2) is 0 Å². The van der Waals surface area contributed by atoms with Gasteiger partial charge in [-0.2, -0.15) is 0 Å². The lowest BCUT2D eigenvalue weighted by Gasteiger charge is -2.37. The molecule has 2 fully saturated rings. The van der Waals surface area contributed by atoms with Crippen molar-refractivity contribution in [2.75, 3.05) is 13.1 Å². The lowest BCUT2D eigenvalue weighted by Crippen LogP contribution is -2.50. The molecule has 2 N–H and O–H groups in total. The predicted molar refractivity (Wildman–Crippen MR) is 83.6 cm³/mol. The molecule has 0 aromatic rings. The molecule has 1 heterocycles. The van der Waals surface area contributed by atoms with Crippen LogP contribution in [0.3, 0.4) is 0 Å². The molecular weight excluding hydrogens is 248 g/mol. The first-order valence-electron chi connectivity index (χ1n) is 8.61. The number of nitrogens with one attached hydrogen (secondary N) is 2.